The molecule has 3 heteroatoms. The molecule has 1 aliphatic rings. The Morgan fingerprint density at radius 2 is 2.25 bits per heavy atom. The van der Waals surface area contributed by atoms with Crippen LogP contribution in [0, 0.1) is 0 Å². The number of likely N-dealkylation sites (tertiary alicyclic amines) is 1. The topological polar surface area (TPSA) is 40.5 Å². The van der Waals surface area contributed by atoms with E-state index in [1.165, 1.54) is 32.1 Å². The largest absolute Gasteiger partial charge is 0.481 e. The Balaban J connectivity index is 2.43. The van der Waals surface area contributed by atoms with Crippen molar-refractivity contribution in [1.29, 1.82) is 0 Å². The Labute approximate surface area is 98.8 Å². The van der Waals surface area contributed by atoms with Gasteiger partial charge in [0.05, 0.1) is 0 Å². The molecule has 16 heavy (non-hydrogen) atoms. The maximum Gasteiger partial charge on any atom is 0.303 e. The molecule has 1 aliphatic heterocycles. The number of nitrogens with zero attached hydrogens (tertiary/aromatic N) is 1. The molecule has 0 aromatic carbocycles. The molecule has 0 radical (unpaired) electrons. The molecule has 1 N–H and O–H groups in total. The summed E-state index contributed by atoms with van der Waals surface area (Å²) in [6.45, 7) is 5.57. The van der Waals surface area contributed by atoms with Crippen molar-refractivity contribution in [2.24, 2.45) is 0 Å². The summed E-state index contributed by atoms with van der Waals surface area (Å²) in [6.07, 6.45) is 7.49. The summed E-state index contributed by atoms with van der Waals surface area (Å²) in [5.41, 5.74) is 0. The Kier molecular flexibility index (Phi) is 5.81. The molecule has 0 bridgehead atoms. The van der Waals surface area contributed by atoms with Crippen molar-refractivity contribution >= 4 is 5.97 Å². The van der Waals surface area contributed by atoms with Crippen LogP contribution < -0.4 is 0 Å². The van der Waals surface area contributed by atoms with Crippen molar-refractivity contribution < 1.29 is 9.90 Å². The van der Waals surface area contributed by atoms with Gasteiger partial charge in [-0.1, -0.05) is 19.8 Å². The van der Waals surface area contributed by atoms with Crippen LogP contribution in [0.5, 0.6) is 0 Å². The van der Waals surface area contributed by atoms with Gasteiger partial charge in [0.1, 0.15) is 0 Å². The predicted molar refractivity (Wildman–Crippen MR) is 65.6 cm³/mol. The molecule has 3 nitrogen and oxygen atoms in total. The van der Waals surface area contributed by atoms with Gasteiger partial charge in [0.15, 0.2) is 0 Å². The molecule has 94 valence electrons. The third kappa shape index (κ3) is 4.12. The molecule has 2 unspecified atom stereocenters. The van der Waals surface area contributed by atoms with Gasteiger partial charge in [0.2, 0.25) is 0 Å². The molecule has 0 saturated carbocycles. The second kappa shape index (κ2) is 6.89. The lowest BCUT2D eigenvalue weighted by Gasteiger charge is -2.40. The van der Waals surface area contributed by atoms with Gasteiger partial charge in [-0.25, -0.2) is 0 Å². The summed E-state index contributed by atoms with van der Waals surface area (Å²) in [5, 5.41) is 8.71. The summed E-state index contributed by atoms with van der Waals surface area (Å²) in [5.74, 6) is -0.670. The summed E-state index contributed by atoms with van der Waals surface area (Å²) in [6, 6.07) is 1.12. The van der Waals surface area contributed by atoms with Crippen LogP contribution in [-0.4, -0.2) is 34.6 Å². The smallest absolute Gasteiger partial charge is 0.303 e. The second-order valence-electron chi connectivity index (χ2n) is 4.96. The maximum atomic E-state index is 10.6. The highest BCUT2D eigenvalue weighted by molar-refractivity contribution is 5.66. The average Bonchev–Trinajstić information content (AvgIpc) is 2.27. The zero-order valence-electron chi connectivity index (χ0n) is 10.6. The third-order valence-electron chi connectivity index (χ3n) is 3.64. The van der Waals surface area contributed by atoms with E-state index in [1.54, 1.807) is 0 Å². The molecule has 1 rings (SSSR count). The number of carbonyl (C=O) groups is 1. The van der Waals surface area contributed by atoms with E-state index in [9.17, 15) is 4.79 Å². The van der Waals surface area contributed by atoms with E-state index in [0.717, 1.165) is 13.0 Å². The summed E-state index contributed by atoms with van der Waals surface area (Å²) in [4.78, 5) is 13.1. The fourth-order valence-corrected chi connectivity index (χ4v) is 2.74. The first-order chi connectivity index (χ1) is 7.65. The Morgan fingerprint density at radius 1 is 1.50 bits per heavy atom. The highest BCUT2D eigenvalue weighted by atomic mass is 16.4. The first-order valence-electron chi connectivity index (χ1n) is 6.62. The van der Waals surface area contributed by atoms with Crippen LogP contribution in [0.1, 0.15) is 58.8 Å². The minimum Gasteiger partial charge on any atom is -0.481 e. The normalized spacial score (nSPS) is 24.2. The number of hydrogen-bond acceptors (Lipinski definition) is 2. The van der Waals surface area contributed by atoms with Gasteiger partial charge in [0, 0.05) is 18.5 Å². The Morgan fingerprint density at radius 3 is 2.88 bits per heavy atom. The predicted octanol–water partition coefficient (Wildman–Crippen LogP) is 2.89. The standard InChI is InChI=1S/C13H25NO2/c1-3-6-12-7-4-5-10-14(12)11(2)8-9-13(15)16/h11-12H,3-10H2,1-2H3,(H,15,16). The van der Waals surface area contributed by atoms with Gasteiger partial charge >= 0.3 is 5.97 Å². The molecular formula is C13H25NO2. The van der Waals surface area contributed by atoms with E-state index in [2.05, 4.69) is 18.7 Å². The van der Waals surface area contributed by atoms with Crippen LogP contribution in [0.4, 0.5) is 0 Å². The van der Waals surface area contributed by atoms with Crippen molar-refractivity contribution in [3.8, 4) is 0 Å². The highest BCUT2D eigenvalue weighted by Crippen LogP contribution is 2.24. The molecule has 1 saturated heterocycles. The van der Waals surface area contributed by atoms with Crippen LogP contribution in [0.3, 0.4) is 0 Å². The second-order valence-corrected chi connectivity index (χ2v) is 4.96. The lowest BCUT2D eigenvalue weighted by molar-refractivity contribution is -0.137. The van der Waals surface area contributed by atoms with Crippen molar-refractivity contribution in [3.63, 3.8) is 0 Å². The third-order valence-corrected chi connectivity index (χ3v) is 3.64. The summed E-state index contributed by atoms with van der Waals surface area (Å²) in [7, 11) is 0. The fraction of sp³-hybridized carbons (Fsp3) is 0.923. The van der Waals surface area contributed by atoms with Gasteiger partial charge in [0.25, 0.3) is 0 Å². The van der Waals surface area contributed by atoms with E-state index in [4.69, 9.17) is 5.11 Å². The van der Waals surface area contributed by atoms with Gasteiger partial charge in [-0.3, -0.25) is 9.69 Å². The lowest BCUT2D eigenvalue weighted by atomic mass is 9.95. The van der Waals surface area contributed by atoms with E-state index in [0.29, 0.717) is 18.5 Å². The van der Waals surface area contributed by atoms with Crippen LogP contribution in [0.15, 0.2) is 0 Å². The zero-order valence-corrected chi connectivity index (χ0v) is 10.6. The molecule has 1 heterocycles. The van der Waals surface area contributed by atoms with Crippen molar-refractivity contribution in [2.75, 3.05) is 6.54 Å². The first-order valence-corrected chi connectivity index (χ1v) is 6.62. The van der Waals surface area contributed by atoms with Gasteiger partial charge in [-0.15, -0.1) is 0 Å². The molecule has 0 amide bonds. The fourth-order valence-electron chi connectivity index (χ4n) is 2.74. The van der Waals surface area contributed by atoms with Crippen LogP contribution >= 0.6 is 0 Å². The molecule has 0 aromatic heterocycles. The molecule has 1 fully saturated rings. The Hall–Kier alpha value is -0.570. The minimum atomic E-state index is -0.670. The van der Waals surface area contributed by atoms with Gasteiger partial charge in [-0.05, 0) is 39.2 Å². The van der Waals surface area contributed by atoms with E-state index in [1.807, 2.05) is 0 Å². The van der Waals surface area contributed by atoms with Crippen molar-refractivity contribution in [1.82, 2.24) is 4.90 Å². The van der Waals surface area contributed by atoms with E-state index >= 15 is 0 Å². The quantitative estimate of drug-likeness (QED) is 0.758. The number of aliphatic carboxylic acids is 1. The van der Waals surface area contributed by atoms with Crippen LogP contribution in [0.25, 0.3) is 0 Å². The highest BCUT2D eigenvalue weighted by Gasteiger charge is 2.25. The lowest BCUT2D eigenvalue weighted by Crippen LogP contribution is -2.45. The molecule has 2 atom stereocenters. The number of carboxylic acids is 1. The van der Waals surface area contributed by atoms with Gasteiger partial charge < -0.3 is 5.11 Å². The van der Waals surface area contributed by atoms with Crippen molar-refractivity contribution in [2.45, 2.75) is 70.9 Å². The minimum absolute atomic E-state index is 0.302. The number of piperidine rings is 1. The Bertz CT molecular complexity index is 216. The summed E-state index contributed by atoms with van der Waals surface area (Å²) >= 11 is 0. The van der Waals surface area contributed by atoms with Crippen molar-refractivity contribution in [3.05, 3.63) is 0 Å². The number of rotatable bonds is 6. The monoisotopic (exact) mass is 227 g/mol. The SMILES string of the molecule is CCCC1CCCCN1C(C)CCC(=O)O. The maximum absolute atomic E-state index is 10.6. The molecule has 0 aliphatic carbocycles. The van der Waals surface area contributed by atoms with Crippen LogP contribution in [0.2, 0.25) is 0 Å². The van der Waals surface area contributed by atoms with E-state index in [-0.39, 0.29) is 0 Å². The number of hydrogen-bond donors (Lipinski definition) is 1. The molecule has 0 spiro atoms. The number of carboxylic acid groups (broad SMARTS) is 1. The molecule has 0 aromatic rings. The summed E-state index contributed by atoms with van der Waals surface area (Å²) < 4.78 is 0. The zero-order chi connectivity index (χ0) is 12.0. The average molecular weight is 227 g/mol. The van der Waals surface area contributed by atoms with Gasteiger partial charge in [-0.2, -0.15) is 0 Å². The first kappa shape index (κ1) is 13.5. The van der Waals surface area contributed by atoms with E-state index < -0.39 is 5.97 Å². The molecular weight excluding hydrogens is 202 g/mol. The van der Waals surface area contributed by atoms with Crippen LogP contribution in [-0.2, 0) is 4.79 Å².